The van der Waals surface area contributed by atoms with Crippen molar-refractivity contribution < 1.29 is 9.53 Å². The van der Waals surface area contributed by atoms with Crippen molar-refractivity contribution in [2.75, 3.05) is 0 Å². The van der Waals surface area contributed by atoms with Gasteiger partial charge in [-0.1, -0.05) is 35.9 Å². The summed E-state index contributed by atoms with van der Waals surface area (Å²) in [7, 11) is 1.75. The molecule has 0 aliphatic carbocycles. The van der Waals surface area contributed by atoms with Crippen molar-refractivity contribution in [1.82, 2.24) is 25.2 Å². The van der Waals surface area contributed by atoms with E-state index in [1.54, 1.807) is 24.0 Å². The summed E-state index contributed by atoms with van der Waals surface area (Å²) in [6, 6.07) is 12.7. The van der Waals surface area contributed by atoms with Gasteiger partial charge in [-0.15, -0.1) is 0 Å². The van der Waals surface area contributed by atoms with E-state index in [9.17, 15) is 4.79 Å². The Labute approximate surface area is 153 Å². The van der Waals surface area contributed by atoms with E-state index in [0.717, 1.165) is 16.6 Å². The number of ether oxygens (including phenoxy) is 1. The predicted octanol–water partition coefficient (Wildman–Crippen LogP) is 3.37. The number of aryl methyl sites for hydroxylation is 1. The molecule has 4 aromatic rings. The number of H-pyrrole nitrogens is 1. The Morgan fingerprint density at radius 2 is 2.00 bits per heavy atom. The van der Waals surface area contributed by atoms with Gasteiger partial charge in [-0.2, -0.15) is 20.5 Å². The first-order valence-corrected chi connectivity index (χ1v) is 8.24. The molecule has 0 saturated carbocycles. The number of carbonyl (C=O) groups is 1. The topological polar surface area (TPSA) is 85.7 Å². The minimum absolute atomic E-state index is 0.124. The van der Waals surface area contributed by atoms with E-state index in [4.69, 9.17) is 16.3 Å². The lowest BCUT2D eigenvalue weighted by Crippen LogP contribution is -2.06. The van der Waals surface area contributed by atoms with Gasteiger partial charge in [0.2, 0.25) is 0 Å². The van der Waals surface area contributed by atoms with Crippen LogP contribution in [-0.4, -0.2) is 31.2 Å². The molecule has 0 radical (unpaired) electrons. The lowest BCUT2D eigenvalue weighted by atomic mass is 10.1. The zero-order chi connectivity index (χ0) is 18.1. The van der Waals surface area contributed by atoms with Gasteiger partial charge in [-0.05, 0) is 23.8 Å². The second-order valence-electron chi connectivity index (χ2n) is 5.77. The molecule has 0 amide bonds. The van der Waals surface area contributed by atoms with Crippen LogP contribution in [0.2, 0.25) is 5.02 Å². The number of halogens is 1. The molecule has 0 aliphatic rings. The molecule has 2 heterocycles. The number of benzene rings is 2. The summed E-state index contributed by atoms with van der Waals surface area (Å²) in [5, 5.41) is 15.5. The average molecular weight is 368 g/mol. The van der Waals surface area contributed by atoms with Gasteiger partial charge in [0.05, 0.1) is 5.02 Å². The molecule has 0 bridgehead atoms. The van der Waals surface area contributed by atoms with Crippen molar-refractivity contribution in [3.8, 4) is 11.3 Å². The van der Waals surface area contributed by atoms with Gasteiger partial charge < -0.3 is 4.74 Å². The van der Waals surface area contributed by atoms with Crippen LogP contribution in [0, 0.1) is 0 Å². The van der Waals surface area contributed by atoms with Crippen LogP contribution in [-0.2, 0) is 18.4 Å². The molecular weight excluding hydrogens is 354 g/mol. The highest BCUT2D eigenvalue weighted by Crippen LogP contribution is 2.29. The van der Waals surface area contributed by atoms with Crippen LogP contribution in [0.5, 0.6) is 0 Å². The third-order valence-corrected chi connectivity index (χ3v) is 4.26. The van der Waals surface area contributed by atoms with Gasteiger partial charge in [0.25, 0.3) is 0 Å². The number of fused-ring (bicyclic) bond motifs is 1. The van der Waals surface area contributed by atoms with E-state index in [-0.39, 0.29) is 6.61 Å². The summed E-state index contributed by atoms with van der Waals surface area (Å²) >= 11 is 6.25. The lowest BCUT2D eigenvalue weighted by molar-refractivity contribution is 0.0473. The predicted molar refractivity (Wildman–Crippen MR) is 96.7 cm³/mol. The Hall–Kier alpha value is -3.19. The second kappa shape index (κ2) is 6.61. The molecule has 4 rings (SSSR count). The van der Waals surface area contributed by atoms with E-state index >= 15 is 0 Å². The van der Waals surface area contributed by atoms with Gasteiger partial charge in [0, 0.05) is 18.8 Å². The fourth-order valence-corrected chi connectivity index (χ4v) is 2.92. The largest absolute Gasteiger partial charge is 0.457 e. The maximum atomic E-state index is 12.6. The highest BCUT2D eigenvalue weighted by atomic mass is 35.5. The molecule has 7 nitrogen and oxygen atoms in total. The average Bonchev–Trinajstić information content (AvgIpc) is 3.26. The van der Waals surface area contributed by atoms with E-state index < -0.39 is 5.97 Å². The van der Waals surface area contributed by atoms with Crippen molar-refractivity contribution in [2.45, 2.75) is 6.61 Å². The smallest absolute Gasteiger partial charge is 0.342 e. The van der Waals surface area contributed by atoms with Crippen LogP contribution >= 0.6 is 11.6 Å². The summed E-state index contributed by atoms with van der Waals surface area (Å²) in [6.45, 7) is 0.124. The van der Waals surface area contributed by atoms with E-state index in [0.29, 0.717) is 21.8 Å². The lowest BCUT2D eigenvalue weighted by Gasteiger charge is -2.06. The fourth-order valence-electron chi connectivity index (χ4n) is 2.69. The molecule has 1 N–H and O–H groups in total. The monoisotopic (exact) mass is 367 g/mol. The number of hydrogen-bond acceptors (Lipinski definition) is 5. The van der Waals surface area contributed by atoms with Gasteiger partial charge in [0.1, 0.15) is 28.9 Å². The van der Waals surface area contributed by atoms with Crippen LogP contribution < -0.4 is 0 Å². The minimum Gasteiger partial charge on any atom is -0.457 e. The number of hydrogen-bond donors (Lipinski definition) is 1. The molecule has 2 aromatic carbocycles. The number of carbonyl (C=O) groups excluding carboxylic acids is 1. The van der Waals surface area contributed by atoms with Crippen LogP contribution in [0.3, 0.4) is 0 Å². The molecule has 0 aliphatic heterocycles. The number of aromatic nitrogens is 5. The molecule has 8 heteroatoms. The van der Waals surface area contributed by atoms with Crippen molar-refractivity contribution >= 4 is 28.6 Å². The first-order chi connectivity index (χ1) is 12.6. The van der Waals surface area contributed by atoms with Gasteiger partial charge >= 0.3 is 5.97 Å². The minimum atomic E-state index is -0.465. The summed E-state index contributed by atoms with van der Waals surface area (Å²) in [5.41, 5.74) is 3.84. The number of aromatic amines is 1. The summed E-state index contributed by atoms with van der Waals surface area (Å²) in [4.78, 5) is 12.6. The van der Waals surface area contributed by atoms with Crippen LogP contribution in [0.1, 0.15) is 15.9 Å². The van der Waals surface area contributed by atoms with E-state index in [1.807, 2.05) is 36.4 Å². The molecule has 0 atom stereocenters. The van der Waals surface area contributed by atoms with Gasteiger partial charge in [-0.3, -0.25) is 4.68 Å². The Morgan fingerprint density at radius 1 is 1.19 bits per heavy atom. The molecular formula is C18H14ClN5O2. The first kappa shape index (κ1) is 16.3. The second-order valence-corrected chi connectivity index (χ2v) is 6.17. The SMILES string of the molecule is Cn1cc(C(=O)OCc2ccc3n[nH]nc3c2)c(-c2ccccc2Cl)n1. The Balaban J connectivity index is 1.57. The first-order valence-electron chi connectivity index (χ1n) is 7.87. The molecule has 130 valence electrons. The van der Waals surface area contributed by atoms with Gasteiger partial charge in [0.15, 0.2) is 0 Å². The fraction of sp³-hybridized carbons (Fsp3) is 0.111. The number of esters is 1. The van der Waals surface area contributed by atoms with Crippen LogP contribution in [0.15, 0.2) is 48.7 Å². The molecule has 0 spiro atoms. The molecule has 2 aromatic heterocycles. The standard InChI is InChI=1S/C18H14ClN5O2/c1-24-9-13(17(22-24)12-4-2-3-5-14(12)19)18(25)26-10-11-6-7-15-16(8-11)21-23-20-15/h2-9H,10H2,1H3,(H,20,21,23). The molecule has 0 unspecified atom stereocenters. The third-order valence-electron chi connectivity index (χ3n) is 3.93. The molecule has 0 fully saturated rings. The normalized spacial score (nSPS) is 11.0. The number of nitrogens with one attached hydrogen (secondary N) is 1. The van der Waals surface area contributed by atoms with Crippen molar-refractivity contribution in [3.63, 3.8) is 0 Å². The molecule has 26 heavy (non-hydrogen) atoms. The maximum Gasteiger partial charge on any atom is 0.342 e. The summed E-state index contributed by atoms with van der Waals surface area (Å²) in [6.07, 6.45) is 1.63. The van der Waals surface area contributed by atoms with Crippen molar-refractivity contribution in [2.24, 2.45) is 7.05 Å². The quantitative estimate of drug-likeness (QED) is 0.559. The molecule has 0 saturated heterocycles. The zero-order valence-corrected chi connectivity index (χ0v) is 14.6. The Morgan fingerprint density at radius 3 is 2.85 bits per heavy atom. The Bertz CT molecular complexity index is 1100. The van der Waals surface area contributed by atoms with Gasteiger partial charge in [-0.25, -0.2) is 4.79 Å². The number of nitrogens with zero attached hydrogens (tertiary/aromatic N) is 4. The third kappa shape index (κ3) is 3.04. The zero-order valence-electron chi connectivity index (χ0n) is 13.8. The number of rotatable bonds is 4. The highest BCUT2D eigenvalue weighted by Gasteiger charge is 2.20. The van der Waals surface area contributed by atoms with Crippen LogP contribution in [0.4, 0.5) is 0 Å². The summed E-state index contributed by atoms with van der Waals surface area (Å²) in [5.74, 6) is -0.465. The highest BCUT2D eigenvalue weighted by molar-refractivity contribution is 6.33. The van der Waals surface area contributed by atoms with Crippen molar-refractivity contribution in [1.29, 1.82) is 0 Å². The summed E-state index contributed by atoms with van der Waals surface area (Å²) < 4.78 is 7.03. The Kier molecular flexibility index (Phi) is 4.14. The van der Waals surface area contributed by atoms with Crippen molar-refractivity contribution in [3.05, 3.63) is 64.8 Å². The van der Waals surface area contributed by atoms with E-state index in [2.05, 4.69) is 20.5 Å². The van der Waals surface area contributed by atoms with Crippen LogP contribution in [0.25, 0.3) is 22.3 Å². The van der Waals surface area contributed by atoms with E-state index in [1.165, 1.54) is 0 Å². The maximum absolute atomic E-state index is 12.6.